The van der Waals surface area contributed by atoms with Crippen LogP contribution in [0.4, 0.5) is 5.69 Å². The fourth-order valence-corrected chi connectivity index (χ4v) is 3.48. The number of anilines is 1. The second-order valence-corrected chi connectivity index (χ2v) is 6.78. The first-order chi connectivity index (χ1) is 15.1. The lowest BCUT2D eigenvalue weighted by Crippen LogP contribution is -2.31. The number of nitrogens with one attached hydrogen (secondary N) is 1. The van der Waals surface area contributed by atoms with Gasteiger partial charge in [0.2, 0.25) is 0 Å². The number of para-hydroxylation sites is 3. The summed E-state index contributed by atoms with van der Waals surface area (Å²) in [5.41, 5.74) is 1.52. The second kappa shape index (κ2) is 8.79. The summed E-state index contributed by atoms with van der Waals surface area (Å²) in [5.74, 6) is 0.713. The number of benzene rings is 2. The number of carbonyl (C=O) groups excluding carboxylic acids is 2. The van der Waals surface area contributed by atoms with Crippen molar-refractivity contribution in [3.63, 3.8) is 0 Å². The zero-order chi connectivity index (χ0) is 21.8. The number of imide groups is 1. The van der Waals surface area contributed by atoms with E-state index in [1.165, 1.54) is 13.4 Å². The van der Waals surface area contributed by atoms with Crippen molar-refractivity contribution in [1.82, 2.24) is 4.90 Å². The van der Waals surface area contributed by atoms with E-state index in [-0.39, 0.29) is 17.8 Å². The molecule has 0 fully saturated rings. The Hall–Kier alpha value is -4.00. The van der Waals surface area contributed by atoms with Crippen LogP contribution in [-0.4, -0.2) is 30.4 Å². The van der Waals surface area contributed by atoms with Gasteiger partial charge >= 0.3 is 0 Å². The van der Waals surface area contributed by atoms with Gasteiger partial charge in [-0.05, 0) is 37.3 Å². The van der Waals surface area contributed by atoms with Crippen molar-refractivity contribution in [3.8, 4) is 11.5 Å². The highest BCUT2D eigenvalue weighted by molar-refractivity contribution is 6.37. The predicted molar refractivity (Wildman–Crippen MR) is 115 cm³/mol. The first-order valence-electron chi connectivity index (χ1n) is 9.89. The third-order valence-corrected chi connectivity index (χ3v) is 4.88. The summed E-state index contributed by atoms with van der Waals surface area (Å²) in [5, 5.41) is 3.14. The number of hydrogen-bond acceptors (Lipinski definition) is 6. The minimum absolute atomic E-state index is 0.0294. The van der Waals surface area contributed by atoms with E-state index < -0.39 is 11.8 Å². The SMILES string of the molecule is CCOc1ccccc1NC1=C(c2ccccc2OC)C(=O)N(Cc2ccco2)C1=O. The average Bonchev–Trinajstić information content (AvgIpc) is 3.38. The zero-order valence-corrected chi connectivity index (χ0v) is 17.3. The van der Waals surface area contributed by atoms with E-state index in [0.29, 0.717) is 35.1 Å². The number of furan rings is 1. The average molecular weight is 418 g/mol. The highest BCUT2D eigenvalue weighted by Gasteiger charge is 2.40. The van der Waals surface area contributed by atoms with Gasteiger partial charge in [0.05, 0.1) is 37.8 Å². The molecule has 0 unspecified atom stereocenters. The molecule has 4 rings (SSSR count). The Kier molecular flexibility index (Phi) is 5.75. The van der Waals surface area contributed by atoms with Gasteiger partial charge in [0.25, 0.3) is 11.8 Å². The third kappa shape index (κ3) is 3.90. The quantitative estimate of drug-likeness (QED) is 0.555. The molecule has 158 valence electrons. The normalized spacial score (nSPS) is 13.7. The monoisotopic (exact) mass is 418 g/mol. The number of rotatable bonds is 8. The molecule has 0 radical (unpaired) electrons. The molecule has 3 aromatic rings. The van der Waals surface area contributed by atoms with Gasteiger partial charge in [-0.3, -0.25) is 14.5 Å². The molecule has 1 aromatic heterocycles. The molecule has 0 spiro atoms. The van der Waals surface area contributed by atoms with E-state index in [2.05, 4.69) is 5.32 Å². The molecule has 0 aliphatic carbocycles. The smallest absolute Gasteiger partial charge is 0.278 e. The molecule has 1 aliphatic rings. The minimum atomic E-state index is -0.450. The van der Waals surface area contributed by atoms with Crippen molar-refractivity contribution in [2.75, 3.05) is 19.0 Å². The molecule has 0 atom stereocenters. The second-order valence-electron chi connectivity index (χ2n) is 6.78. The van der Waals surface area contributed by atoms with E-state index in [4.69, 9.17) is 13.9 Å². The summed E-state index contributed by atoms with van der Waals surface area (Å²) in [4.78, 5) is 27.9. The van der Waals surface area contributed by atoms with Crippen molar-refractivity contribution >= 4 is 23.1 Å². The van der Waals surface area contributed by atoms with Crippen LogP contribution in [0.25, 0.3) is 5.57 Å². The zero-order valence-electron chi connectivity index (χ0n) is 17.3. The van der Waals surface area contributed by atoms with Crippen LogP contribution >= 0.6 is 0 Å². The van der Waals surface area contributed by atoms with Gasteiger partial charge in [0.15, 0.2) is 0 Å². The number of ether oxygens (including phenoxy) is 2. The maximum Gasteiger partial charge on any atom is 0.278 e. The number of amides is 2. The molecule has 1 aliphatic heterocycles. The van der Waals surface area contributed by atoms with Crippen LogP contribution in [0, 0.1) is 0 Å². The Labute approximate surface area is 179 Å². The summed E-state index contributed by atoms with van der Waals surface area (Å²) in [6, 6.07) is 17.8. The lowest BCUT2D eigenvalue weighted by Gasteiger charge is -2.15. The molecule has 2 aromatic carbocycles. The van der Waals surface area contributed by atoms with Gasteiger partial charge in [-0.25, -0.2) is 0 Å². The molecule has 31 heavy (non-hydrogen) atoms. The van der Waals surface area contributed by atoms with Gasteiger partial charge in [0.1, 0.15) is 23.0 Å². The summed E-state index contributed by atoms with van der Waals surface area (Å²) < 4.78 is 16.5. The van der Waals surface area contributed by atoms with Crippen molar-refractivity contribution in [2.45, 2.75) is 13.5 Å². The lowest BCUT2D eigenvalue weighted by atomic mass is 10.0. The summed E-state index contributed by atoms with van der Waals surface area (Å²) >= 11 is 0. The summed E-state index contributed by atoms with van der Waals surface area (Å²) in [6.45, 7) is 2.38. The number of carbonyl (C=O) groups is 2. The molecule has 2 amide bonds. The minimum Gasteiger partial charge on any atom is -0.496 e. The Balaban J connectivity index is 1.80. The number of hydrogen-bond donors (Lipinski definition) is 1. The van der Waals surface area contributed by atoms with E-state index >= 15 is 0 Å². The van der Waals surface area contributed by atoms with E-state index in [1.807, 2.05) is 25.1 Å². The van der Waals surface area contributed by atoms with E-state index in [1.54, 1.807) is 42.5 Å². The Bertz CT molecular complexity index is 1130. The van der Waals surface area contributed by atoms with Crippen LogP contribution in [0.5, 0.6) is 11.5 Å². The molecular formula is C24H22N2O5. The Morgan fingerprint density at radius 2 is 1.68 bits per heavy atom. The first kappa shape index (κ1) is 20.3. The fraction of sp³-hybridized carbons (Fsp3) is 0.167. The van der Waals surface area contributed by atoms with Crippen LogP contribution in [0.2, 0.25) is 0 Å². The van der Waals surface area contributed by atoms with E-state index in [0.717, 1.165) is 4.90 Å². The van der Waals surface area contributed by atoms with Crippen molar-refractivity contribution in [3.05, 3.63) is 83.9 Å². The maximum absolute atomic E-state index is 13.4. The van der Waals surface area contributed by atoms with Gasteiger partial charge in [-0.1, -0.05) is 30.3 Å². The fourth-order valence-electron chi connectivity index (χ4n) is 3.48. The highest BCUT2D eigenvalue weighted by Crippen LogP contribution is 2.37. The standard InChI is InChI=1S/C24H22N2O5/c1-3-30-20-13-7-5-11-18(20)25-22-21(17-10-4-6-12-19(17)29-2)23(27)26(24(22)28)15-16-9-8-14-31-16/h4-14,25H,3,15H2,1-2H3. The van der Waals surface area contributed by atoms with Crippen molar-refractivity contribution in [1.29, 1.82) is 0 Å². The molecule has 0 saturated carbocycles. The molecule has 7 heteroatoms. The van der Waals surface area contributed by atoms with Crippen LogP contribution in [0.15, 0.2) is 77.0 Å². The van der Waals surface area contributed by atoms with Crippen LogP contribution in [-0.2, 0) is 16.1 Å². The van der Waals surface area contributed by atoms with E-state index in [9.17, 15) is 9.59 Å². The van der Waals surface area contributed by atoms with Gasteiger partial charge in [0, 0.05) is 5.56 Å². The highest BCUT2D eigenvalue weighted by atomic mass is 16.5. The van der Waals surface area contributed by atoms with Crippen LogP contribution in [0.1, 0.15) is 18.2 Å². The van der Waals surface area contributed by atoms with Crippen LogP contribution in [0.3, 0.4) is 0 Å². The Morgan fingerprint density at radius 1 is 0.935 bits per heavy atom. The number of nitrogens with zero attached hydrogens (tertiary/aromatic N) is 1. The van der Waals surface area contributed by atoms with Gasteiger partial charge in [-0.15, -0.1) is 0 Å². The van der Waals surface area contributed by atoms with Gasteiger partial charge in [-0.2, -0.15) is 0 Å². The maximum atomic E-state index is 13.4. The van der Waals surface area contributed by atoms with Gasteiger partial charge < -0.3 is 19.2 Å². The molecule has 7 nitrogen and oxygen atoms in total. The third-order valence-electron chi connectivity index (χ3n) is 4.88. The molecule has 0 saturated heterocycles. The Morgan fingerprint density at radius 3 is 2.39 bits per heavy atom. The molecular weight excluding hydrogens is 396 g/mol. The number of methoxy groups -OCH3 is 1. The van der Waals surface area contributed by atoms with Crippen molar-refractivity contribution < 1.29 is 23.5 Å². The first-order valence-corrected chi connectivity index (χ1v) is 9.89. The molecule has 2 heterocycles. The van der Waals surface area contributed by atoms with Crippen LogP contribution < -0.4 is 14.8 Å². The lowest BCUT2D eigenvalue weighted by molar-refractivity contribution is -0.137. The largest absolute Gasteiger partial charge is 0.496 e. The molecule has 0 bridgehead atoms. The molecule has 1 N–H and O–H groups in total. The topological polar surface area (TPSA) is 81.0 Å². The summed E-state index contributed by atoms with van der Waals surface area (Å²) in [7, 11) is 1.53. The van der Waals surface area contributed by atoms with Crippen molar-refractivity contribution in [2.24, 2.45) is 0 Å². The predicted octanol–water partition coefficient (Wildman–Crippen LogP) is 4.08. The summed E-state index contributed by atoms with van der Waals surface area (Å²) in [6.07, 6.45) is 1.51.